The maximum absolute atomic E-state index is 3.59. The predicted molar refractivity (Wildman–Crippen MR) is 82.0 cm³/mol. The second kappa shape index (κ2) is 5.15. The van der Waals surface area contributed by atoms with Gasteiger partial charge in [-0.3, -0.25) is 0 Å². The third-order valence-electron chi connectivity index (χ3n) is 3.41. The second-order valence-corrected chi connectivity index (χ2v) is 5.73. The van der Waals surface area contributed by atoms with Gasteiger partial charge >= 0.3 is 0 Å². The minimum Gasteiger partial charge on any atom is -0.379 e. The number of anilines is 1. The Bertz CT molecular complexity index is 589. The summed E-state index contributed by atoms with van der Waals surface area (Å²) >= 11 is 3.51. The fraction of sp³-hybridized carbons (Fsp3) is 0.250. The lowest BCUT2D eigenvalue weighted by atomic mass is 10.0. The first-order valence-electron chi connectivity index (χ1n) is 6.44. The van der Waals surface area contributed by atoms with Gasteiger partial charge in [0.2, 0.25) is 0 Å². The van der Waals surface area contributed by atoms with E-state index in [1.54, 1.807) is 0 Å². The first kappa shape index (κ1) is 11.8. The van der Waals surface area contributed by atoms with Crippen molar-refractivity contribution in [2.45, 2.75) is 25.3 Å². The minimum atomic E-state index is 0.492. The highest BCUT2D eigenvalue weighted by molar-refractivity contribution is 9.10. The molecule has 0 bridgehead atoms. The molecule has 1 aliphatic carbocycles. The van der Waals surface area contributed by atoms with Crippen LogP contribution in [0, 0.1) is 0 Å². The van der Waals surface area contributed by atoms with Crippen LogP contribution in [0.15, 0.2) is 53.0 Å². The molecule has 1 aliphatic rings. The van der Waals surface area contributed by atoms with Gasteiger partial charge < -0.3 is 5.32 Å². The van der Waals surface area contributed by atoms with Crippen LogP contribution in [0.2, 0.25) is 0 Å². The molecule has 3 rings (SSSR count). The molecule has 1 atom stereocenters. The Morgan fingerprint density at radius 2 is 1.89 bits per heavy atom. The Kier molecular flexibility index (Phi) is 3.37. The van der Waals surface area contributed by atoms with Crippen molar-refractivity contribution in [3.8, 4) is 0 Å². The molecule has 0 aromatic heterocycles. The van der Waals surface area contributed by atoms with Crippen molar-refractivity contribution in [1.82, 2.24) is 0 Å². The molecule has 0 amide bonds. The molecule has 0 spiro atoms. The van der Waals surface area contributed by atoms with E-state index in [4.69, 9.17) is 0 Å². The number of hydrogen-bond acceptors (Lipinski definition) is 1. The van der Waals surface area contributed by atoms with Gasteiger partial charge in [0.05, 0.1) is 0 Å². The number of rotatable bonds is 2. The van der Waals surface area contributed by atoms with Crippen LogP contribution in [0.1, 0.15) is 19.3 Å². The maximum Gasteiger partial charge on any atom is 0.0444 e. The molecule has 2 heteroatoms. The van der Waals surface area contributed by atoms with Crippen LogP contribution in [0.25, 0.3) is 10.8 Å². The van der Waals surface area contributed by atoms with E-state index in [0.29, 0.717) is 6.04 Å². The summed E-state index contributed by atoms with van der Waals surface area (Å²) in [4.78, 5) is 0. The Labute approximate surface area is 116 Å². The Morgan fingerprint density at radius 3 is 2.72 bits per heavy atom. The van der Waals surface area contributed by atoms with Gasteiger partial charge in [-0.1, -0.05) is 40.2 Å². The molecule has 2 aromatic carbocycles. The summed E-state index contributed by atoms with van der Waals surface area (Å²) in [6.45, 7) is 0. The standard InChI is InChI=1S/C16H16BrN/c17-14-8-6-13-11-16(9-7-12(13)10-14)18-15-4-2-1-3-5-15/h2,4,6-11,15,18H,1,3,5H2. The topological polar surface area (TPSA) is 12.0 Å². The Morgan fingerprint density at radius 1 is 1.06 bits per heavy atom. The lowest BCUT2D eigenvalue weighted by Crippen LogP contribution is -2.18. The van der Waals surface area contributed by atoms with E-state index in [0.717, 1.165) is 4.47 Å². The fourth-order valence-corrected chi connectivity index (χ4v) is 2.83. The molecule has 0 heterocycles. The molecule has 0 saturated heterocycles. The zero-order valence-electron chi connectivity index (χ0n) is 10.2. The zero-order chi connectivity index (χ0) is 12.4. The average Bonchev–Trinajstić information content (AvgIpc) is 2.40. The number of fused-ring (bicyclic) bond motifs is 1. The highest BCUT2D eigenvalue weighted by atomic mass is 79.9. The number of nitrogens with one attached hydrogen (secondary N) is 1. The largest absolute Gasteiger partial charge is 0.379 e. The number of benzene rings is 2. The van der Waals surface area contributed by atoms with Crippen LogP contribution in [0.4, 0.5) is 5.69 Å². The van der Waals surface area contributed by atoms with Gasteiger partial charge in [-0.2, -0.15) is 0 Å². The smallest absolute Gasteiger partial charge is 0.0444 e. The minimum absolute atomic E-state index is 0.492. The summed E-state index contributed by atoms with van der Waals surface area (Å²) in [5.74, 6) is 0. The maximum atomic E-state index is 3.59. The molecule has 1 N–H and O–H groups in total. The van der Waals surface area contributed by atoms with Crippen LogP contribution in [0.5, 0.6) is 0 Å². The zero-order valence-corrected chi connectivity index (χ0v) is 11.8. The fourth-order valence-electron chi connectivity index (χ4n) is 2.45. The summed E-state index contributed by atoms with van der Waals surface area (Å²) in [6.07, 6.45) is 8.31. The molecule has 2 aromatic rings. The van der Waals surface area contributed by atoms with Gasteiger partial charge in [0, 0.05) is 16.2 Å². The monoisotopic (exact) mass is 301 g/mol. The molecule has 1 unspecified atom stereocenters. The van der Waals surface area contributed by atoms with E-state index in [1.807, 2.05) is 0 Å². The summed E-state index contributed by atoms with van der Waals surface area (Å²) in [5.41, 5.74) is 1.21. The normalized spacial score (nSPS) is 19.1. The van der Waals surface area contributed by atoms with E-state index in [9.17, 15) is 0 Å². The van der Waals surface area contributed by atoms with Crippen LogP contribution in [-0.2, 0) is 0 Å². The first-order chi connectivity index (χ1) is 8.81. The van der Waals surface area contributed by atoms with E-state index in [2.05, 4.69) is 69.8 Å². The molecular formula is C16H16BrN. The molecule has 0 fully saturated rings. The quantitative estimate of drug-likeness (QED) is 0.759. The van der Waals surface area contributed by atoms with Gasteiger partial charge in [0.15, 0.2) is 0 Å². The highest BCUT2D eigenvalue weighted by Gasteiger charge is 2.07. The molecule has 18 heavy (non-hydrogen) atoms. The van der Waals surface area contributed by atoms with E-state index >= 15 is 0 Å². The van der Waals surface area contributed by atoms with Crippen LogP contribution >= 0.6 is 15.9 Å². The lowest BCUT2D eigenvalue weighted by Gasteiger charge is -2.19. The van der Waals surface area contributed by atoms with Gasteiger partial charge in [-0.25, -0.2) is 0 Å². The van der Waals surface area contributed by atoms with Gasteiger partial charge in [-0.05, 0) is 54.3 Å². The Hall–Kier alpha value is -1.28. The van der Waals surface area contributed by atoms with E-state index < -0.39 is 0 Å². The number of halogens is 1. The molecule has 0 radical (unpaired) electrons. The highest BCUT2D eigenvalue weighted by Crippen LogP contribution is 2.24. The van der Waals surface area contributed by atoms with Gasteiger partial charge in [0.1, 0.15) is 0 Å². The van der Waals surface area contributed by atoms with Crippen molar-refractivity contribution in [2.75, 3.05) is 5.32 Å². The molecule has 0 saturated carbocycles. The molecule has 0 aliphatic heterocycles. The van der Waals surface area contributed by atoms with Crippen LogP contribution in [-0.4, -0.2) is 6.04 Å². The Balaban J connectivity index is 1.86. The SMILES string of the molecule is Brc1ccc2cc(NC3C=CCCC3)ccc2c1. The van der Waals surface area contributed by atoms with Crippen molar-refractivity contribution in [3.63, 3.8) is 0 Å². The van der Waals surface area contributed by atoms with Gasteiger partial charge in [0.25, 0.3) is 0 Å². The molecular weight excluding hydrogens is 286 g/mol. The van der Waals surface area contributed by atoms with Crippen molar-refractivity contribution in [2.24, 2.45) is 0 Å². The summed E-state index contributed by atoms with van der Waals surface area (Å²) < 4.78 is 1.13. The second-order valence-electron chi connectivity index (χ2n) is 4.82. The average molecular weight is 302 g/mol. The van der Waals surface area contributed by atoms with Crippen molar-refractivity contribution in [1.29, 1.82) is 0 Å². The van der Waals surface area contributed by atoms with Crippen molar-refractivity contribution in [3.05, 3.63) is 53.0 Å². The summed E-state index contributed by atoms with van der Waals surface area (Å²) in [6, 6.07) is 13.5. The van der Waals surface area contributed by atoms with Crippen LogP contribution in [0.3, 0.4) is 0 Å². The van der Waals surface area contributed by atoms with E-state index in [-0.39, 0.29) is 0 Å². The third kappa shape index (κ3) is 2.59. The predicted octanol–water partition coefficient (Wildman–Crippen LogP) is 5.12. The van der Waals surface area contributed by atoms with Crippen molar-refractivity contribution < 1.29 is 0 Å². The van der Waals surface area contributed by atoms with Crippen LogP contribution < -0.4 is 5.32 Å². The van der Waals surface area contributed by atoms with E-state index in [1.165, 1.54) is 35.7 Å². The van der Waals surface area contributed by atoms with Gasteiger partial charge in [-0.15, -0.1) is 0 Å². The number of allylic oxidation sites excluding steroid dienone is 1. The number of hydrogen-bond donors (Lipinski definition) is 1. The molecule has 1 nitrogen and oxygen atoms in total. The summed E-state index contributed by atoms with van der Waals surface area (Å²) in [5, 5.41) is 6.14. The molecule has 92 valence electrons. The first-order valence-corrected chi connectivity index (χ1v) is 7.23. The summed E-state index contributed by atoms with van der Waals surface area (Å²) in [7, 11) is 0. The third-order valence-corrected chi connectivity index (χ3v) is 3.90. The lowest BCUT2D eigenvalue weighted by molar-refractivity contribution is 0.674. The van der Waals surface area contributed by atoms with Crippen molar-refractivity contribution >= 4 is 32.4 Å².